The van der Waals surface area contributed by atoms with Crippen LogP contribution < -0.4 is 9.80 Å². The van der Waals surface area contributed by atoms with Crippen LogP contribution in [0.3, 0.4) is 0 Å². The Morgan fingerprint density at radius 1 is 1.20 bits per heavy atom. The molecule has 2 amide bonds. The molecule has 106 valence electrons. The summed E-state index contributed by atoms with van der Waals surface area (Å²) < 4.78 is 6.08. The van der Waals surface area contributed by atoms with E-state index in [9.17, 15) is 9.59 Å². The number of hydrogen-bond donors (Lipinski definition) is 1. The topological polar surface area (TPSA) is 51.1 Å². The summed E-state index contributed by atoms with van der Waals surface area (Å²) in [6, 6.07) is 7.05. The van der Waals surface area contributed by atoms with Crippen molar-refractivity contribution in [3.63, 3.8) is 0 Å². The van der Waals surface area contributed by atoms with Crippen LogP contribution in [0.1, 0.15) is 6.42 Å². The van der Waals surface area contributed by atoms with E-state index in [0.717, 1.165) is 22.5 Å². The molecule has 2 fully saturated rings. The van der Waals surface area contributed by atoms with Crippen LogP contribution in [0.4, 0.5) is 5.69 Å². The van der Waals surface area contributed by atoms with Gasteiger partial charge in [-0.2, -0.15) is 0 Å². The highest BCUT2D eigenvalue weighted by molar-refractivity contribution is 9.10. The molecule has 0 bridgehead atoms. The molecule has 1 aromatic carbocycles. The second-order valence-electron chi connectivity index (χ2n) is 5.05. The lowest BCUT2D eigenvalue weighted by atomic mass is 10.2. The summed E-state index contributed by atoms with van der Waals surface area (Å²) in [7, 11) is 0. The number of anilines is 1. The number of halogens is 1. The third-order valence-electron chi connectivity index (χ3n) is 3.87. The number of quaternary nitrogens is 1. The number of para-hydroxylation sites is 1. The van der Waals surface area contributed by atoms with Gasteiger partial charge < -0.3 is 9.64 Å². The number of amides is 2. The molecule has 0 aliphatic carbocycles. The van der Waals surface area contributed by atoms with E-state index in [1.807, 2.05) is 18.2 Å². The largest absolute Gasteiger partial charge is 0.370 e. The Morgan fingerprint density at radius 3 is 2.60 bits per heavy atom. The molecule has 0 saturated carbocycles. The first kappa shape index (κ1) is 13.7. The monoisotopic (exact) mass is 339 g/mol. The van der Waals surface area contributed by atoms with E-state index >= 15 is 0 Å². The van der Waals surface area contributed by atoms with Gasteiger partial charge in [-0.1, -0.05) is 12.1 Å². The third-order valence-corrected chi connectivity index (χ3v) is 4.54. The molecule has 1 N–H and O–H groups in total. The van der Waals surface area contributed by atoms with Gasteiger partial charge in [-0.05, 0) is 28.1 Å². The van der Waals surface area contributed by atoms with Gasteiger partial charge in [-0.25, -0.2) is 4.90 Å². The standard InChI is InChI=1S/C14H15BrN2O3/c15-10-3-1-2-4-11(10)17-13(18)9-12(14(17)19)16-5-7-20-8-6-16/h1-4,12H,5-9H2/p+1/t12-/m1/s1. The molecule has 0 aromatic heterocycles. The number of imide groups is 1. The molecule has 5 nitrogen and oxygen atoms in total. The van der Waals surface area contributed by atoms with Gasteiger partial charge in [0.25, 0.3) is 5.91 Å². The van der Waals surface area contributed by atoms with Crippen LogP contribution in [-0.2, 0) is 14.3 Å². The van der Waals surface area contributed by atoms with Crippen molar-refractivity contribution in [2.45, 2.75) is 12.5 Å². The van der Waals surface area contributed by atoms with E-state index in [0.29, 0.717) is 18.9 Å². The zero-order valence-corrected chi connectivity index (χ0v) is 12.6. The van der Waals surface area contributed by atoms with Gasteiger partial charge in [0.15, 0.2) is 6.04 Å². The number of nitrogens with zero attached hydrogens (tertiary/aromatic N) is 1. The molecule has 20 heavy (non-hydrogen) atoms. The Kier molecular flexibility index (Phi) is 3.87. The summed E-state index contributed by atoms with van der Waals surface area (Å²) in [5.74, 6) is -0.218. The Balaban J connectivity index is 1.85. The van der Waals surface area contributed by atoms with Crippen LogP contribution in [0.5, 0.6) is 0 Å². The minimum absolute atomic E-state index is 0.0983. The van der Waals surface area contributed by atoms with Gasteiger partial charge in [0, 0.05) is 4.47 Å². The molecule has 2 heterocycles. The number of benzene rings is 1. The van der Waals surface area contributed by atoms with Gasteiger partial charge >= 0.3 is 0 Å². The fraction of sp³-hybridized carbons (Fsp3) is 0.429. The van der Waals surface area contributed by atoms with Crippen molar-refractivity contribution in [1.29, 1.82) is 0 Å². The van der Waals surface area contributed by atoms with Crippen molar-refractivity contribution >= 4 is 33.4 Å². The summed E-state index contributed by atoms with van der Waals surface area (Å²) in [5.41, 5.74) is 0.637. The van der Waals surface area contributed by atoms with Gasteiger partial charge in [0.2, 0.25) is 5.91 Å². The van der Waals surface area contributed by atoms with Crippen LogP contribution in [0.25, 0.3) is 0 Å². The van der Waals surface area contributed by atoms with Crippen LogP contribution in [-0.4, -0.2) is 44.2 Å². The lowest BCUT2D eigenvalue weighted by Gasteiger charge is -2.27. The Morgan fingerprint density at radius 2 is 1.90 bits per heavy atom. The number of carbonyl (C=O) groups is 2. The third kappa shape index (κ3) is 2.39. The highest BCUT2D eigenvalue weighted by Crippen LogP contribution is 2.29. The Labute approximate surface area is 125 Å². The van der Waals surface area contributed by atoms with Gasteiger partial charge in [-0.3, -0.25) is 9.59 Å². The maximum atomic E-state index is 12.6. The normalized spacial score (nSPS) is 24.4. The summed E-state index contributed by atoms with van der Waals surface area (Å²) in [6.45, 7) is 2.88. The van der Waals surface area contributed by atoms with Crippen molar-refractivity contribution in [2.75, 3.05) is 31.2 Å². The molecular weight excluding hydrogens is 324 g/mol. The van der Waals surface area contributed by atoms with Crippen LogP contribution in [0.15, 0.2) is 28.7 Å². The second-order valence-corrected chi connectivity index (χ2v) is 5.90. The molecule has 6 heteroatoms. The van der Waals surface area contributed by atoms with Gasteiger partial charge in [0.1, 0.15) is 13.1 Å². The number of nitrogens with one attached hydrogen (secondary N) is 1. The average Bonchev–Trinajstić information content (AvgIpc) is 2.76. The quantitative estimate of drug-likeness (QED) is 0.771. The fourth-order valence-electron chi connectivity index (χ4n) is 2.82. The minimum atomic E-state index is -0.265. The fourth-order valence-corrected chi connectivity index (χ4v) is 3.28. The minimum Gasteiger partial charge on any atom is -0.370 e. The number of hydrogen-bond acceptors (Lipinski definition) is 3. The van der Waals surface area contributed by atoms with Crippen molar-refractivity contribution in [2.24, 2.45) is 0 Å². The summed E-state index contributed by atoms with van der Waals surface area (Å²) in [5, 5.41) is 0. The van der Waals surface area contributed by atoms with Crippen molar-refractivity contribution in [3.05, 3.63) is 28.7 Å². The zero-order valence-electron chi connectivity index (χ0n) is 11.0. The molecule has 1 aromatic rings. The molecule has 2 aliphatic heterocycles. The first-order chi connectivity index (χ1) is 9.68. The molecule has 2 saturated heterocycles. The van der Waals surface area contributed by atoms with Crippen LogP contribution >= 0.6 is 15.9 Å². The van der Waals surface area contributed by atoms with Gasteiger partial charge in [0.05, 0.1) is 25.3 Å². The molecule has 1 atom stereocenters. The zero-order chi connectivity index (χ0) is 14.1. The van der Waals surface area contributed by atoms with E-state index in [1.54, 1.807) is 6.07 Å². The summed E-state index contributed by atoms with van der Waals surface area (Å²) >= 11 is 3.40. The van der Waals surface area contributed by atoms with Crippen LogP contribution in [0, 0.1) is 0 Å². The van der Waals surface area contributed by atoms with E-state index in [4.69, 9.17) is 4.74 Å². The highest BCUT2D eigenvalue weighted by atomic mass is 79.9. The molecular formula is C14H16BrN2O3+. The molecule has 0 radical (unpaired) electrons. The second kappa shape index (κ2) is 5.63. The average molecular weight is 340 g/mol. The first-order valence-corrected chi connectivity index (χ1v) is 7.51. The predicted octanol–water partition coefficient (Wildman–Crippen LogP) is -0.00390. The van der Waals surface area contributed by atoms with E-state index in [1.165, 1.54) is 4.90 Å². The lowest BCUT2D eigenvalue weighted by molar-refractivity contribution is -0.922. The maximum Gasteiger partial charge on any atom is 0.292 e. The van der Waals surface area contributed by atoms with E-state index in [-0.39, 0.29) is 24.3 Å². The summed E-state index contributed by atoms with van der Waals surface area (Å²) in [4.78, 5) is 27.3. The lowest BCUT2D eigenvalue weighted by Crippen LogP contribution is -3.18. The Bertz CT molecular complexity index is 543. The van der Waals surface area contributed by atoms with E-state index in [2.05, 4.69) is 15.9 Å². The Hall–Kier alpha value is -1.24. The maximum absolute atomic E-state index is 12.6. The number of morpholine rings is 1. The molecule has 0 unspecified atom stereocenters. The predicted molar refractivity (Wildman–Crippen MR) is 76.6 cm³/mol. The summed E-state index contributed by atoms with van der Waals surface area (Å²) in [6.07, 6.45) is 0.287. The smallest absolute Gasteiger partial charge is 0.292 e. The number of carbonyl (C=O) groups excluding carboxylic acids is 2. The molecule has 3 rings (SSSR count). The number of rotatable bonds is 2. The van der Waals surface area contributed by atoms with Crippen molar-refractivity contribution in [1.82, 2.24) is 0 Å². The first-order valence-electron chi connectivity index (χ1n) is 6.72. The SMILES string of the molecule is O=C1C[C@@H]([NH+]2CCOCC2)C(=O)N1c1ccccc1Br. The van der Waals surface area contributed by atoms with Crippen molar-refractivity contribution in [3.8, 4) is 0 Å². The highest BCUT2D eigenvalue weighted by Gasteiger charge is 2.46. The van der Waals surface area contributed by atoms with Crippen molar-refractivity contribution < 1.29 is 19.2 Å². The van der Waals surface area contributed by atoms with Crippen LogP contribution in [0.2, 0.25) is 0 Å². The molecule has 2 aliphatic rings. The van der Waals surface area contributed by atoms with E-state index < -0.39 is 0 Å². The number of ether oxygens (including phenoxy) is 1. The molecule has 0 spiro atoms. The van der Waals surface area contributed by atoms with Gasteiger partial charge in [-0.15, -0.1) is 0 Å².